The van der Waals surface area contributed by atoms with E-state index >= 15 is 0 Å². The van der Waals surface area contributed by atoms with Gasteiger partial charge >= 0.3 is 5.97 Å². The lowest BCUT2D eigenvalue weighted by molar-refractivity contribution is 0.0682. The predicted octanol–water partition coefficient (Wildman–Crippen LogP) is 1.79. The Hall–Kier alpha value is -6.32. The van der Waals surface area contributed by atoms with E-state index in [1.165, 1.54) is 12.4 Å². The van der Waals surface area contributed by atoms with E-state index in [1.807, 2.05) is 0 Å². The van der Waals surface area contributed by atoms with E-state index < -0.39 is 5.97 Å². The molecule has 4 unspecified atom stereocenters. The number of rotatable bonds is 6. The predicted molar refractivity (Wildman–Crippen MR) is 216 cm³/mol. The highest BCUT2D eigenvalue weighted by molar-refractivity contribution is 5.90. The minimum atomic E-state index is -1.10. The number of hydrogen-bond acceptors (Lipinski definition) is 15. The van der Waals surface area contributed by atoms with Gasteiger partial charge in [-0.25, -0.2) is 43.7 Å². The van der Waals surface area contributed by atoms with Crippen LogP contribution in [-0.2, 0) is 9.47 Å². The molecular formula is C40H48N14O7. The molecular weight excluding hydrogens is 789 g/mol. The second-order valence-electron chi connectivity index (χ2n) is 15.8. The highest BCUT2D eigenvalue weighted by Gasteiger charge is 2.37. The van der Waals surface area contributed by atoms with Crippen LogP contribution in [0.15, 0.2) is 58.9 Å². The molecule has 21 heteroatoms. The maximum absolute atomic E-state index is 12.7. The second-order valence-corrected chi connectivity index (χ2v) is 15.8. The molecule has 4 N–H and O–H groups in total. The smallest absolute Gasteiger partial charge is 0.373 e. The SMILES string of the molecule is CC1CN(C(=O)c2ncccn2)CC1c1nn2c(C3CCOCC3)ncc2c(=O)[nH]1.CC1CNCC1c1nn2c(C3CCOCC3)ncc2c(=O)[nH]1.O=C(O)c1ncccn1. The molecule has 10 rings (SSSR count). The number of H-pyrrole nitrogens is 2. The normalized spacial score (nSPS) is 22.1. The molecule has 21 nitrogen and oxygen atoms in total. The van der Waals surface area contributed by atoms with E-state index in [0.717, 1.165) is 69.5 Å². The lowest BCUT2D eigenvalue weighted by atomic mass is 9.97. The third kappa shape index (κ3) is 9.08. The first-order valence-electron chi connectivity index (χ1n) is 20.5. The summed E-state index contributed by atoms with van der Waals surface area (Å²) < 4.78 is 14.3. The van der Waals surface area contributed by atoms with Gasteiger partial charge in [-0.15, -0.1) is 0 Å². The maximum atomic E-state index is 12.7. The van der Waals surface area contributed by atoms with Gasteiger partial charge in [0.2, 0.25) is 11.6 Å². The summed E-state index contributed by atoms with van der Waals surface area (Å²) >= 11 is 0. The highest BCUT2D eigenvalue weighted by atomic mass is 16.5. The number of imidazole rings is 2. The molecule has 4 fully saturated rings. The van der Waals surface area contributed by atoms with Crippen molar-refractivity contribution >= 4 is 22.9 Å². The third-order valence-electron chi connectivity index (χ3n) is 11.7. The van der Waals surface area contributed by atoms with Crippen molar-refractivity contribution in [2.75, 3.05) is 52.6 Å². The van der Waals surface area contributed by atoms with Gasteiger partial charge in [-0.1, -0.05) is 13.8 Å². The molecule has 6 aromatic rings. The molecule has 6 aromatic heterocycles. The van der Waals surface area contributed by atoms with Crippen molar-refractivity contribution in [2.45, 2.75) is 63.2 Å². The van der Waals surface area contributed by atoms with Gasteiger partial charge in [0.1, 0.15) is 23.3 Å². The fourth-order valence-corrected chi connectivity index (χ4v) is 8.29. The van der Waals surface area contributed by atoms with Gasteiger partial charge in [-0.3, -0.25) is 14.4 Å². The van der Waals surface area contributed by atoms with Crippen molar-refractivity contribution < 1.29 is 24.2 Å². The van der Waals surface area contributed by atoms with Crippen LogP contribution in [0, 0.1) is 11.8 Å². The number of likely N-dealkylation sites (tertiary alicyclic amines) is 1. The number of amides is 1. The molecule has 1 amide bonds. The number of carbonyl (C=O) groups excluding carboxylic acids is 1. The average Bonchev–Trinajstić information content (AvgIpc) is 4.11. The zero-order chi connectivity index (χ0) is 42.5. The molecule has 10 heterocycles. The van der Waals surface area contributed by atoms with Gasteiger partial charge in [-0.05, 0) is 56.2 Å². The fraction of sp³-hybridized carbons (Fsp3) is 0.500. The van der Waals surface area contributed by atoms with E-state index in [0.29, 0.717) is 55.0 Å². The number of aromatic carboxylic acids is 1. The number of aromatic amines is 2. The van der Waals surface area contributed by atoms with Crippen LogP contribution in [0.3, 0.4) is 0 Å². The van der Waals surface area contributed by atoms with E-state index in [9.17, 15) is 19.2 Å². The molecule has 0 aliphatic carbocycles. The summed E-state index contributed by atoms with van der Waals surface area (Å²) in [7, 11) is 0. The van der Waals surface area contributed by atoms with Gasteiger partial charge in [0.25, 0.3) is 17.0 Å². The van der Waals surface area contributed by atoms with E-state index in [-0.39, 0.29) is 52.3 Å². The Morgan fingerprint density at radius 3 is 1.61 bits per heavy atom. The molecule has 0 spiro atoms. The number of nitrogens with zero attached hydrogens (tertiary/aromatic N) is 11. The molecule has 0 radical (unpaired) electrons. The summed E-state index contributed by atoms with van der Waals surface area (Å²) in [5, 5.41) is 21.1. The first-order valence-corrected chi connectivity index (χ1v) is 20.5. The highest BCUT2D eigenvalue weighted by Crippen LogP contribution is 2.32. The zero-order valence-electron chi connectivity index (χ0n) is 33.9. The number of carbonyl (C=O) groups is 2. The minimum Gasteiger partial charge on any atom is -0.475 e. The van der Waals surface area contributed by atoms with Crippen LogP contribution in [0.5, 0.6) is 0 Å². The van der Waals surface area contributed by atoms with Crippen molar-refractivity contribution in [3.63, 3.8) is 0 Å². The van der Waals surface area contributed by atoms with Gasteiger partial charge in [0.05, 0.1) is 12.4 Å². The minimum absolute atomic E-state index is 0.0836. The largest absolute Gasteiger partial charge is 0.475 e. The van der Waals surface area contributed by atoms with Crippen LogP contribution in [0.4, 0.5) is 0 Å². The van der Waals surface area contributed by atoms with Gasteiger partial charge in [0, 0.05) is 94.5 Å². The van der Waals surface area contributed by atoms with E-state index in [1.54, 1.807) is 50.9 Å². The van der Waals surface area contributed by atoms with Gasteiger partial charge < -0.3 is 34.8 Å². The fourth-order valence-electron chi connectivity index (χ4n) is 8.29. The Morgan fingerprint density at radius 2 is 1.15 bits per heavy atom. The molecule has 4 saturated heterocycles. The summed E-state index contributed by atoms with van der Waals surface area (Å²) in [5.41, 5.74) is 0.657. The van der Waals surface area contributed by atoms with Crippen molar-refractivity contribution in [1.29, 1.82) is 0 Å². The van der Waals surface area contributed by atoms with Gasteiger partial charge in [-0.2, -0.15) is 10.2 Å². The van der Waals surface area contributed by atoms with Crippen molar-refractivity contribution in [3.8, 4) is 0 Å². The Morgan fingerprint density at radius 1 is 0.656 bits per heavy atom. The maximum Gasteiger partial charge on any atom is 0.373 e. The van der Waals surface area contributed by atoms with E-state index in [2.05, 4.69) is 59.0 Å². The summed E-state index contributed by atoms with van der Waals surface area (Å²) in [5.74, 6) is 3.05. The Kier molecular flexibility index (Phi) is 12.6. The van der Waals surface area contributed by atoms with Crippen LogP contribution in [0.2, 0.25) is 0 Å². The quantitative estimate of drug-likeness (QED) is 0.186. The summed E-state index contributed by atoms with van der Waals surface area (Å²) in [6.45, 7) is 9.94. The summed E-state index contributed by atoms with van der Waals surface area (Å²) in [6, 6.07) is 3.24. The van der Waals surface area contributed by atoms with Crippen LogP contribution in [0.25, 0.3) is 11.0 Å². The van der Waals surface area contributed by atoms with Crippen LogP contribution < -0.4 is 16.4 Å². The number of carboxylic acid groups (broad SMARTS) is 1. The molecule has 4 atom stereocenters. The molecule has 4 aliphatic rings. The molecule has 320 valence electrons. The first-order chi connectivity index (χ1) is 29.7. The lowest BCUT2D eigenvalue weighted by Gasteiger charge is -2.21. The monoisotopic (exact) mass is 836 g/mol. The van der Waals surface area contributed by atoms with Crippen LogP contribution in [-0.4, -0.2) is 134 Å². The van der Waals surface area contributed by atoms with Crippen molar-refractivity contribution in [3.05, 3.63) is 105 Å². The first kappa shape index (κ1) is 41.4. The summed E-state index contributed by atoms with van der Waals surface area (Å²) in [6.07, 6.45) is 12.7. The molecule has 0 aromatic carbocycles. The van der Waals surface area contributed by atoms with Crippen LogP contribution >= 0.6 is 0 Å². The summed E-state index contributed by atoms with van der Waals surface area (Å²) in [4.78, 5) is 79.5. The van der Waals surface area contributed by atoms with Crippen molar-refractivity contribution in [1.82, 2.24) is 69.3 Å². The molecule has 0 saturated carbocycles. The number of fused-ring (bicyclic) bond motifs is 2. The number of nitrogens with one attached hydrogen (secondary N) is 3. The second kappa shape index (κ2) is 18.5. The standard InChI is InChI=1S/C20H23N7O3.C15H21N5O2.C5H4N2O2/c1-12-10-26(20(29)17-21-5-2-6-22-17)11-14(12)16-24-19(28)15-9-23-18(27(15)25-16)13-3-7-30-8-4-13;1-9-6-16-7-11(9)13-18-15(21)12-8-17-14(20(12)19-13)10-2-4-22-5-3-10;8-5(9)4-6-2-1-3-7-4/h2,5-6,9,12-14H,3-4,7-8,10-11H2,1H3,(H,24,25,28);8-11,16H,2-7H2,1H3,(H,18,19,21);1-3H,(H,8,9). The van der Waals surface area contributed by atoms with E-state index in [4.69, 9.17) is 24.8 Å². The average molecular weight is 837 g/mol. The topological polar surface area (TPSA) is 266 Å². The zero-order valence-corrected chi connectivity index (χ0v) is 33.9. The molecule has 0 bridgehead atoms. The Labute approximate surface area is 348 Å². The van der Waals surface area contributed by atoms with Gasteiger partial charge in [0.15, 0.2) is 11.0 Å². The molecule has 61 heavy (non-hydrogen) atoms. The Bertz CT molecular complexity index is 2570. The number of aromatic nitrogens is 12. The number of ether oxygens (including phenoxy) is 2. The number of carboxylic acids is 1. The molecule has 4 aliphatic heterocycles. The van der Waals surface area contributed by atoms with Crippen molar-refractivity contribution in [2.24, 2.45) is 11.8 Å². The number of hydrogen-bond donors (Lipinski definition) is 4. The lowest BCUT2D eigenvalue weighted by Crippen LogP contribution is -2.30. The van der Waals surface area contributed by atoms with Crippen LogP contribution in [0.1, 0.15) is 108 Å². The third-order valence-corrected chi connectivity index (χ3v) is 11.7. The Balaban J connectivity index is 0.000000144.